The molecule has 1 amide bonds. The Kier molecular flexibility index (Phi) is 6.25. The molecule has 0 aromatic carbocycles. The number of nitrogens with zero attached hydrogens (tertiary/aromatic N) is 2. The zero-order chi connectivity index (χ0) is 18.4. The van der Waals surface area contributed by atoms with E-state index >= 15 is 0 Å². The SMILES string of the molecule is CCOc1ncccc1C(=O)NCC(c1ccc(C)o1)N1CCOCC1. The number of morpholine rings is 1. The zero-order valence-corrected chi connectivity index (χ0v) is 15.2. The van der Waals surface area contributed by atoms with Gasteiger partial charge in [0.05, 0.1) is 25.9 Å². The minimum atomic E-state index is -0.205. The summed E-state index contributed by atoms with van der Waals surface area (Å²) >= 11 is 0. The Morgan fingerprint density at radius 1 is 1.35 bits per heavy atom. The first kappa shape index (κ1) is 18.4. The van der Waals surface area contributed by atoms with Crippen molar-refractivity contribution >= 4 is 5.91 Å². The highest BCUT2D eigenvalue weighted by molar-refractivity contribution is 5.96. The average molecular weight is 359 g/mol. The molecule has 1 saturated heterocycles. The Morgan fingerprint density at radius 3 is 2.85 bits per heavy atom. The molecule has 1 atom stereocenters. The highest BCUT2D eigenvalue weighted by atomic mass is 16.5. The fourth-order valence-electron chi connectivity index (χ4n) is 3.03. The van der Waals surface area contributed by atoms with Crippen LogP contribution in [0.2, 0.25) is 0 Å². The topological polar surface area (TPSA) is 76.8 Å². The number of rotatable bonds is 7. The number of hydrogen-bond acceptors (Lipinski definition) is 6. The van der Waals surface area contributed by atoms with E-state index in [0.29, 0.717) is 37.8 Å². The van der Waals surface area contributed by atoms with Crippen molar-refractivity contribution < 1.29 is 18.7 Å². The second-order valence-electron chi connectivity index (χ2n) is 6.11. The Hall–Kier alpha value is -2.38. The van der Waals surface area contributed by atoms with Crippen LogP contribution in [0, 0.1) is 6.92 Å². The van der Waals surface area contributed by atoms with E-state index in [9.17, 15) is 4.79 Å². The minimum Gasteiger partial charge on any atom is -0.477 e. The van der Waals surface area contributed by atoms with E-state index in [1.54, 1.807) is 18.3 Å². The van der Waals surface area contributed by atoms with Gasteiger partial charge in [-0.05, 0) is 38.1 Å². The molecule has 1 N–H and O–H groups in total. The quantitative estimate of drug-likeness (QED) is 0.817. The lowest BCUT2D eigenvalue weighted by Gasteiger charge is -2.33. The van der Waals surface area contributed by atoms with Crippen molar-refractivity contribution in [2.45, 2.75) is 19.9 Å². The van der Waals surface area contributed by atoms with Gasteiger partial charge in [-0.3, -0.25) is 9.69 Å². The van der Waals surface area contributed by atoms with Crippen LogP contribution >= 0.6 is 0 Å². The summed E-state index contributed by atoms with van der Waals surface area (Å²) in [7, 11) is 0. The molecule has 140 valence electrons. The van der Waals surface area contributed by atoms with Crippen LogP contribution in [-0.2, 0) is 4.74 Å². The smallest absolute Gasteiger partial charge is 0.256 e. The van der Waals surface area contributed by atoms with Gasteiger partial charge in [-0.2, -0.15) is 0 Å². The van der Waals surface area contributed by atoms with Crippen LogP contribution < -0.4 is 10.1 Å². The molecule has 0 bridgehead atoms. The number of amides is 1. The van der Waals surface area contributed by atoms with Gasteiger partial charge in [-0.1, -0.05) is 0 Å². The van der Waals surface area contributed by atoms with Gasteiger partial charge in [-0.15, -0.1) is 0 Å². The fourth-order valence-corrected chi connectivity index (χ4v) is 3.03. The maximum Gasteiger partial charge on any atom is 0.256 e. The normalized spacial score (nSPS) is 16.2. The molecule has 0 saturated carbocycles. The number of aromatic nitrogens is 1. The van der Waals surface area contributed by atoms with Crippen LogP contribution in [0.25, 0.3) is 0 Å². The fraction of sp³-hybridized carbons (Fsp3) is 0.474. The highest BCUT2D eigenvalue weighted by Crippen LogP contribution is 2.24. The molecule has 7 nitrogen and oxygen atoms in total. The molecule has 3 heterocycles. The van der Waals surface area contributed by atoms with Crippen LogP contribution in [0.15, 0.2) is 34.9 Å². The molecule has 2 aromatic heterocycles. The van der Waals surface area contributed by atoms with Gasteiger partial charge in [0.25, 0.3) is 5.91 Å². The number of hydrogen-bond donors (Lipinski definition) is 1. The molecular formula is C19H25N3O4. The molecule has 1 unspecified atom stereocenters. The highest BCUT2D eigenvalue weighted by Gasteiger charge is 2.26. The summed E-state index contributed by atoms with van der Waals surface area (Å²) in [5.74, 6) is 1.85. The van der Waals surface area contributed by atoms with Gasteiger partial charge < -0.3 is 19.2 Å². The lowest BCUT2D eigenvalue weighted by molar-refractivity contribution is 0.0117. The van der Waals surface area contributed by atoms with Gasteiger partial charge in [0.15, 0.2) is 0 Å². The first-order valence-corrected chi connectivity index (χ1v) is 8.93. The number of furan rings is 1. The summed E-state index contributed by atoms with van der Waals surface area (Å²) < 4.78 is 16.7. The molecular weight excluding hydrogens is 334 g/mol. The second-order valence-corrected chi connectivity index (χ2v) is 6.11. The van der Waals surface area contributed by atoms with Crippen molar-refractivity contribution in [3.8, 4) is 5.88 Å². The third kappa shape index (κ3) is 4.42. The standard InChI is InChI=1S/C19H25N3O4/c1-3-25-19-15(5-4-8-20-19)18(23)21-13-16(17-7-6-14(2)26-17)22-9-11-24-12-10-22/h4-8,16H,3,9-13H2,1-2H3,(H,21,23). The van der Waals surface area contributed by atoms with Crippen LogP contribution in [0.4, 0.5) is 0 Å². The first-order chi connectivity index (χ1) is 12.7. The van der Waals surface area contributed by atoms with Crippen LogP contribution in [-0.4, -0.2) is 55.2 Å². The van der Waals surface area contributed by atoms with Crippen LogP contribution in [0.3, 0.4) is 0 Å². The summed E-state index contributed by atoms with van der Waals surface area (Å²) in [6, 6.07) is 7.32. The van der Waals surface area contributed by atoms with E-state index in [1.165, 1.54) is 0 Å². The van der Waals surface area contributed by atoms with Gasteiger partial charge >= 0.3 is 0 Å². The molecule has 1 aliphatic rings. The van der Waals surface area contributed by atoms with E-state index in [-0.39, 0.29) is 11.9 Å². The Balaban J connectivity index is 1.72. The van der Waals surface area contributed by atoms with Gasteiger partial charge in [0.1, 0.15) is 17.1 Å². The number of aryl methyl sites for hydroxylation is 1. The molecule has 1 aliphatic heterocycles. The molecule has 2 aromatic rings. The van der Waals surface area contributed by atoms with E-state index in [1.807, 2.05) is 26.0 Å². The molecule has 3 rings (SSSR count). The summed E-state index contributed by atoms with van der Waals surface area (Å²) in [5, 5.41) is 3.00. The van der Waals surface area contributed by atoms with Crippen molar-refractivity contribution in [3.63, 3.8) is 0 Å². The molecule has 26 heavy (non-hydrogen) atoms. The molecule has 7 heteroatoms. The Morgan fingerprint density at radius 2 is 2.15 bits per heavy atom. The van der Waals surface area contributed by atoms with Gasteiger partial charge in [-0.25, -0.2) is 4.98 Å². The van der Waals surface area contributed by atoms with Gasteiger partial charge in [0.2, 0.25) is 5.88 Å². The largest absolute Gasteiger partial charge is 0.477 e. The number of carbonyl (C=O) groups excluding carboxylic acids is 1. The minimum absolute atomic E-state index is 0.0382. The van der Waals surface area contributed by atoms with Crippen molar-refractivity contribution in [1.82, 2.24) is 15.2 Å². The number of ether oxygens (including phenoxy) is 2. The number of pyridine rings is 1. The number of carbonyl (C=O) groups is 1. The van der Waals surface area contributed by atoms with E-state index in [0.717, 1.165) is 24.6 Å². The Labute approximate surface area is 153 Å². The average Bonchev–Trinajstić information content (AvgIpc) is 3.09. The predicted octanol–water partition coefficient (Wildman–Crippen LogP) is 2.19. The van der Waals surface area contributed by atoms with Crippen molar-refractivity contribution in [2.75, 3.05) is 39.5 Å². The van der Waals surface area contributed by atoms with Crippen molar-refractivity contribution in [1.29, 1.82) is 0 Å². The lowest BCUT2D eigenvalue weighted by atomic mass is 10.1. The predicted molar refractivity (Wildman–Crippen MR) is 96.3 cm³/mol. The van der Waals surface area contributed by atoms with Crippen molar-refractivity contribution in [3.05, 3.63) is 47.5 Å². The molecule has 0 radical (unpaired) electrons. The van der Waals surface area contributed by atoms with Crippen LogP contribution in [0.1, 0.15) is 34.8 Å². The Bertz CT molecular complexity index is 725. The lowest BCUT2D eigenvalue weighted by Crippen LogP contribution is -2.43. The first-order valence-electron chi connectivity index (χ1n) is 8.93. The third-order valence-corrected chi connectivity index (χ3v) is 4.33. The van der Waals surface area contributed by atoms with Crippen molar-refractivity contribution in [2.24, 2.45) is 0 Å². The van der Waals surface area contributed by atoms with E-state index in [4.69, 9.17) is 13.9 Å². The maximum absolute atomic E-state index is 12.7. The summed E-state index contributed by atoms with van der Waals surface area (Å²) in [4.78, 5) is 19.1. The maximum atomic E-state index is 12.7. The molecule has 0 spiro atoms. The zero-order valence-electron chi connectivity index (χ0n) is 15.2. The second kappa shape index (κ2) is 8.82. The van der Waals surface area contributed by atoms with E-state index in [2.05, 4.69) is 15.2 Å². The monoisotopic (exact) mass is 359 g/mol. The summed E-state index contributed by atoms with van der Waals surface area (Å²) in [6.07, 6.45) is 1.62. The van der Waals surface area contributed by atoms with Crippen LogP contribution in [0.5, 0.6) is 5.88 Å². The molecule has 0 aliphatic carbocycles. The van der Waals surface area contributed by atoms with E-state index < -0.39 is 0 Å². The third-order valence-electron chi connectivity index (χ3n) is 4.33. The number of nitrogens with one attached hydrogen (secondary N) is 1. The summed E-state index contributed by atoms with van der Waals surface area (Å²) in [5.41, 5.74) is 0.436. The molecule has 1 fully saturated rings. The summed E-state index contributed by atoms with van der Waals surface area (Å²) in [6.45, 7) is 7.65. The van der Waals surface area contributed by atoms with Gasteiger partial charge in [0, 0.05) is 25.8 Å².